The van der Waals surface area contributed by atoms with Crippen LogP contribution in [0.15, 0.2) is 112 Å². The molecule has 0 unspecified atom stereocenters. The summed E-state index contributed by atoms with van der Waals surface area (Å²) in [5.74, 6) is -0.797. The van der Waals surface area contributed by atoms with Gasteiger partial charge in [0.25, 0.3) is 10.0 Å². The van der Waals surface area contributed by atoms with Crippen LogP contribution < -0.4 is 9.62 Å². The van der Waals surface area contributed by atoms with E-state index in [4.69, 9.17) is 0 Å². The SMILES string of the molecule is CCNC(=O)[C@H](Cc1ccccc1)N(Cc1ccc(Br)cc1)C(=O)CN(c1ccccc1C)S(=O)(=O)c1ccc(C)cc1. The van der Waals surface area contributed by atoms with Crippen LogP contribution in [0.3, 0.4) is 0 Å². The van der Waals surface area contributed by atoms with Crippen LogP contribution in [0, 0.1) is 13.8 Å². The van der Waals surface area contributed by atoms with Crippen molar-refractivity contribution >= 4 is 43.5 Å². The predicted octanol–water partition coefficient (Wildman–Crippen LogP) is 6.04. The highest BCUT2D eigenvalue weighted by molar-refractivity contribution is 9.10. The van der Waals surface area contributed by atoms with Gasteiger partial charge in [0.15, 0.2) is 0 Å². The summed E-state index contributed by atoms with van der Waals surface area (Å²) in [6.45, 7) is 5.54. The fraction of sp³-hybridized carbons (Fsp3) is 0.235. The van der Waals surface area contributed by atoms with Crippen LogP contribution in [-0.4, -0.2) is 44.3 Å². The summed E-state index contributed by atoms with van der Waals surface area (Å²) < 4.78 is 30.3. The van der Waals surface area contributed by atoms with E-state index in [1.807, 2.05) is 87.5 Å². The Balaban J connectivity index is 1.80. The van der Waals surface area contributed by atoms with Crippen LogP contribution in [-0.2, 0) is 32.6 Å². The van der Waals surface area contributed by atoms with E-state index in [0.29, 0.717) is 17.8 Å². The maximum Gasteiger partial charge on any atom is 0.264 e. The van der Waals surface area contributed by atoms with Gasteiger partial charge in [-0.05, 0) is 67.8 Å². The van der Waals surface area contributed by atoms with Gasteiger partial charge in [-0.2, -0.15) is 0 Å². The molecular weight excluding hydrogens is 626 g/mol. The fourth-order valence-electron chi connectivity index (χ4n) is 4.83. The smallest absolute Gasteiger partial charge is 0.264 e. The molecule has 0 radical (unpaired) electrons. The quantitative estimate of drug-likeness (QED) is 0.201. The average molecular weight is 663 g/mol. The number of nitrogens with zero attached hydrogens (tertiary/aromatic N) is 2. The molecule has 2 amide bonds. The highest BCUT2D eigenvalue weighted by atomic mass is 79.9. The molecular formula is C34H36BrN3O4S. The van der Waals surface area contributed by atoms with Gasteiger partial charge in [0.05, 0.1) is 10.6 Å². The minimum atomic E-state index is -4.14. The van der Waals surface area contributed by atoms with Gasteiger partial charge in [0.1, 0.15) is 12.6 Å². The molecule has 1 N–H and O–H groups in total. The number of likely N-dealkylation sites (N-methyl/N-ethyl adjacent to an activating group) is 1. The molecule has 0 heterocycles. The Bertz CT molecular complexity index is 1640. The van der Waals surface area contributed by atoms with Crippen LogP contribution in [0.5, 0.6) is 0 Å². The number of hydrogen-bond acceptors (Lipinski definition) is 4. The zero-order valence-electron chi connectivity index (χ0n) is 24.5. The number of para-hydroxylation sites is 1. The van der Waals surface area contributed by atoms with E-state index in [2.05, 4.69) is 21.2 Å². The van der Waals surface area contributed by atoms with Crippen molar-refractivity contribution in [2.45, 2.75) is 44.7 Å². The minimum absolute atomic E-state index is 0.0816. The third-order valence-corrected chi connectivity index (χ3v) is 9.46. The number of rotatable bonds is 12. The summed E-state index contributed by atoms with van der Waals surface area (Å²) in [4.78, 5) is 29.5. The Hall–Kier alpha value is -3.95. The molecule has 1 atom stereocenters. The Morgan fingerprint density at radius 3 is 2.07 bits per heavy atom. The van der Waals surface area contributed by atoms with Crippen molar-refractivity contribution in [2.75, 3.05) is 17.4 Å². The Morgan fingerprint density at radius 1 is 0.814 bits per heavy atom. The van der Waals surface area contributed by atoms with E-state index in [1.54, 1.807) is 36.4 Å². The van der Waals surface area contributed by atoms with Gasteiger partial charge in [-0.15, -0.1) is 0 Å². The lowest BCUT2D eigenvalue weighted by Gasteiger charge is -2.34. The lowest BCUT2D eigenvalue weighted by Crippen LogP contribution is -2.53. The van der Waals surface area contributed by atoms with Crippen molar-refractivity contribution in [3.8, 4) is 0 Å². The van der Waals surface area contributed by atoms with Crippen LogP contribution in [0.2, 0.25) is 0 Å². The molecule has 0 aliphatic rings. The van der Waals surface area contributed by atoms with Gasteiger partial charge in [-0.3, -0.25) is 13.9 Å². The molecule has 9 heteroatoms. The second-order valence-electron chi connectivity index (χ2n) is 10.4. The Morgan fingerprint density at radius 2 is 1.44 bits per heavy atom. The van der Waals surface area contributed by atoms with Gasteiger partial charge in [0, 0.05) is 24.0 Å². The van der Waals surface area contributed by atoms with Crippen molar-refractivity contribution < 1.29 is 18.0 Å². The molecule has 43 heavy (non-hydrogen) atoms. The number of carbonyl (C=O) groups excluding carboxylic acids is 2. The van der Waals surface area contributed by atoms with Crippen LogP contribution in [0.4, 0.5) is 5.69 Å². The minimum Gasteiger partial charge on any atom is -0.355 e. The first-order chi connectivity index (χ1) is 20.6. The first-order valence-electron chi connectivity index (χ1n) is 14.1. The molecule has 4 aromatic carbocycles. The monoisotopic (exact) mass is 661 g/mol. The highest BCUT2D eigenvalue weighted by Gasteiger charge is 2.34. The molecule has 0 aromatic heterocycles. The molecule has 224 valence electrons. The van der Waals surface area contributed by atoms with Gasteiger partial charge in [-0.25, -0.2) is 8.42 Å². The molecule has 0 aliphatic carbocycles. The molecule has 4 aromatic rings. The second-order valence-corrected chi connectivity index (χ2v) is 13.1. The van der Waals surface area contributed by atoms with E-state index < -0.39 is 28.5 Å². The van der Waals surface area contributed by atoms with Gasteiger partial charge < -0.3 is 10.2 Å². The standard InChI is InChI=1S/C34H36BrN3O4S/c1-4-36-34(40)32(22-27-11-6-5-7-12-27)37(23-28-16-18-29(35)19-17-28)33(39)24-38(31-13-9-8-10-26(31)3)43(41,42)30-20-14-25(2)15-21-30/h5-21,32H,4,22-24H2,1-3H3,(H,36,40)/t32-/m0/s1. The van der Waals surface area contributed by atoms with Gasteiger partial charge in [-0.1, -0.05) is 94.3 Å². The molecule has 7 nitrogen and oxygen atoms in total. The largest absolute Gasteiger partial charge is 0.355 e. The van der Waals surface area contributed by atoms with Crippen molar-refractivity contribution in [1.29, 1.82) is 0 Å². The number of hydrogen-bond donors (Lipinski definition) is 1. The molecule has 0 saturated carbocycles. The number of amides is 2. The third-order valence-electron chi connectivity index (χ3n) is 7.16. The molecule has 0 saturated heterocycles. The maximum absolute atomic E-state index is 14.4. The maximum atomic E-state index is 14.4. The summed E-state index contributed by atoms with van der Waals surface area (Å²) in [5.41, 5.74) is 3.72. The first kappa shape index (κ1) is 32.0. The molecule has 0 aliphatic heterocycles. The van der Waals surface area contributed by atoms with Crippen molar-refractivity contribution in [3.05, 3.63) is 130 Å². The van der Waals surface area contributed by atoms with Crippen molar-refractivity contribution in [1.82, 2.24) is 10.2 Å². The van der Waals surface area contributed by atoms with E-state index >= 15 is 0 Å². The summed E-state index contributed by atoms with van der Waals surface area (Å²) in [6.07, 6.45) is 0.268. The molecule has 0 spiro atoms. The van der Waals surface area contributed by atoms with E-state index in [-0.39, 0.29) is 23.8 Å². The highest BCUT2D eigenvalue weighted by Crippen LogP contribution is 2.28. The number of aryl methyl sites for hydroxylation is 2. The van der Waals surface area contributed by atoms with E-state index in [0.717, 1.165) is 25.5 Å². The van der Waals surface area contributed by atoms with Gasteiger partial charge in [0.2, 0.25) is 11.8 Å². The summed E-state index contributed by atoms with van der Waals surface area (Å²) in [7, 11) is -4.14. The molecule has 0 fully saturated rings. The lowest BCUT2D eigenvalue weighted by molar-refractivity contribution is -0.140. The molecule has 4 rings (SSSR count). The Kier molecular flexibility index (Phi) is 10.8. The average Bonchev–Trinajstić information content (AvgIpc) is 3.00. The first-order valence-corrected chi connectivity index (χ1v) is 16.3. The topological polar surface area (TPSA) is 86.8 Å². The lowest BCUT2D eigenvalue weighted by atomic mass is 10.0. The zero-order valence-corrected chi connectivity index (χ0v) is 26.9. The fourth-order valence-corrected chi connectivity index (χ4v) is 6.57. The number of halogens is 1. The predicted molar refractivity (Wildman–Crippen MR) is 174 cm³/mol. The number of anilines is 1. The number of sulfonamides is 1. The van der Waals surface area contributed by atoms with Crippen LogP contribution in [0.25, 0.3) is 0 Å². The van der Waals surface area contributed by atoms with Crippen LogP contribution in [0.1, 0.15) is 29.2 Å². The van der Waals surface area contributed by atoms with Gasteiger partial charge >= 0.3 is 0 Å². The van der Waals surface area contributed by atoms with Crippen molar-refractivity contribution in [2.24, 2.45) is 0 Å². The van der Waals surface area contributed by atoms with E-state index in [9.17, 15) is 18.0 Å². The zero-order chi connectivity index (χ0) is 31.0. The normalized spacial score (nSPS) is 11.9. The third kappa shape index (κ3) is 8.12. The van der Waals surface area contributed by atoms with Crippen molar-refractivity contribution in [3.63, 3.8) is 0 Å². The molecule has 0 bridgehead atoms. The second kappa shape index (κ2) is 14.5. The van der Waals surface area contributed by atoms with Crippen LogP contribution >= 0.6 is 15.9 Å². The number of benzene rings is 4. The van der Waals surface area contributed by atoms with E-state index in [1.165, 1.54) is 4.90 Å². The number of carbonyl (C=O) groups is 2. The summed E-state index contributed by atoms with van der Waals surface area (Å²) >= 11 is 3.45. The summed E-state index contributed by atoms with van der Waals surface area (Å²) in [6, 6.07) is 29.8. The summed E-state index contributed by atoms with van der Waals surface area (Å²) in [5, 5.41) is 2.88. The Labute approximate surface area is 262 Å². The number of nitrogens with one attached hydrogen (secondary N) is 1.